The fraction of sp³-hybridized carbons (Fsp3) is 0. The van der Waals surface area contributed by atoms with Gasteiger partial charge in [-0.2, -0.15) is 4.99 Å². The molecule has 0 saturated heterocycles. The van der Waals surface area contributed by atoms with E-state index >= 15 is 0 Å². The van der Waals surface area contributed by atoms with Gasteiger partial charge in [0.1, 0.15) is 0 Å². The summed E-state index contributed by atoms with van der Waals surface area (Å²) in [5.74, 6) is -0.809. The van der Waals surface area contributed by atoms with Crippen LogP contribution in [0.2, 0.25) is 5.02 Å². The van der Waals surface area contributed by atoms with E-state index in [2.05, 4.69) is 9.84 Å². The van der Waals surface area contributed by atoms with Crippen LogP contribution in [0.1, 0.15) is 10.4 Å². The Kier molecular flexibility index (Phi) is 4.38. The number of aliphatic imine (C=N–C) groups is 1. The Labute approximate surface area is 149 Å². The van der Waals surface area contributed by atoms with Gasteiger partial charge in [0.05, 0.1) is 6.57 Å². The molecule has 5 nitrogen and oxygen atoms in total. The van der Waals surface area contributed by atoms with E-state index in [1.807, 2.05) is 30.3 Å². The lowest BCUT2D eigenvalue weighted by atomic mass is 9.95. The number of guanidine groups is 1. The van der Waals surface area contributed by atoms with Crippen molar-refractivity contribution in [1.29, 1.82) is 0 Å². The van der Waals surface area contributed by atoms with E-state index in [9.17, 15) is 4.79 Å². The maximum Gasteiger partial charge on any atom is 0.280 e. The summed E-state index contributed by atoms with van der Waals surface area (Å²) in [5, 5.41) is 2.12. The van der Waals surface area contributed by atoms with E-state index in [4.69, 9.17) is 29.6 Å². The van der Waals surface area contributed by atoms with Gasteiger partial charge < -0.3 is 11.5 Å². The molecule has 0 heterocycles. The summed E-state index contributed by atoms with van der Waals surface area (Å²) >= 11 is 6.16. The van der Waals surface area contributed by atoms with Crippen molar-refractivity contribution in [3.8, 4) is 11.1 Å². The zero-order chi connectivity index (χ0) is 18.0. The number of fused-ring (bicyclic) bond motifs is 1. The van der Waals surface area contributed by atoms with Gasteiger partial charge in [0.25, 0.3) is 5.91 Å². The quantitative estimate of drug-likeness (QED) is 0.415. The van der Waals surface area contributed by atoms with Gasteiger partial charge in [0.2, 0.25) is 5.69 Å². The van der Waals surface area contributed by atoms with Crippen molar-refractivity contribution in [3.63, 3.8) is 0 Å². The number of benzene rings is 3. The maximum absolute atomic E-state index is 12.1. The number of rotatable bonds is 2. The van der Waals surface area contributed by atoms with Crippen LogP contribution in [-0.2, 0) is 0 Å². The van der Waals surface area contributed by atoms with Gasteiger partial charge in [-0.25, -0.2) is 4.85 Å². The van der Waals surface area contributed by atoms with Crippen LogP contribution in [-0.4, -0.2) is 11.9 Å². The Bertz CT molecular complexity index is 1060. The van der Waals surface area contributed by atoms with Crippen LogP contribution < -0.4 is 11.5 Å². The highest BCUT2D eigenvalue weighted by Gasteiger charge is 2.13. The van der Waals surface area contributed by atoms with Crippen LogP contribution >= 0.6 is 11.6 Å². The minimum atomic E-state index is -0.520. The van der Waals surface area contributed by atoms with E-state index in [0.29, 0.717) is 21.8 Å². The fourth-order valence-corrected chi connectivity index (χ4v) is 2.89. The molecule has 3 aromatic rings. The smallest absolute Gasteiger partial charge is 0.280 e. The minimum Gasteiger partial charge on any atom is -0.370 e. The predicted molar refractivity (Wildman–Crippen MR) is 101 cm³/mol. The topological polar surface area (TPSA) is 85.8 Å². The second-order valence-electron chi connectivity index (χ2n) is 5.33. The molecule has 3 rings (SSSR count). The van der Waals surface area contributed by atoms with Crippen LogP contribution in [0.3, 0.4) is 0 Å². The Hall–Kier alpha value is -3.36. The molecule has 25 heavy (non-hydrogen) atoms. The largest absolute Gasteiger partial charge is 0.370 e. The SMILES string of the molecule is [C-]#[N+]c1c(Cl)cccc1-c1cccc2ccc(C(=O)N=C(N)N)cc12. The average molecular weight is 349 g/mol. The molecule has 1 amide bonds. The highest BCUT2D eigenvalue weighted by Crippen LogP contribution is 2.39. The van der Waals surface area contributed by atoms with Gasteiger partial charge >= 0.3 is 0 Å². The van der Waals surface area contributed by atoms with E-state index < -0.39 is 5.91 Å². The number of nitrogens with zero attached hydrogens (tertiary/aromatic N) is 2. The van der Waals surface area contributed by atoms with Crippen LogP contribution in [0.25, 0.3) is 26.7 Å². The minimum absolute atomic E-state index is 0.288. The number of hydrogen-bond acceptors (Lipinski definition) is 1. The number of nitrogens with two attached hydrogens (primary N) is 2. The number of para-hydroxylation sites is 1. The summed E-state index contributed by atoms with van der Waals surface area (Å²) in [4.78, 5) is 19.2. The van der Waals surface area contributed by atoms with Gasteiger partial charge in [-0.1, -0.05) is 54.1 Å². The molecule has 0 saturated carbocycles. The third-order valence-corrected chi connectivity index (χ3v) is 4.05. The molecule has 6 heteroatoms. The zero-order valence-electron chi connectivity index (χ0n) is 13.0. The summed E-state index contributed by atoms with van der Waals surface area (Å²) in [6.07, 6.45) is 0. The average Bonchev–Trinajstić information content (AvgIpc) is 2.60. The van der Waals surface area contributed by atoms with E-state index in [1.165, 1.54) is 0 Å². The molecule has 0 atom stereocenters. The third-order valence-electron chi connectivity index (χ3n) is 3.75. The first kappa shape index (κ1) is 16.5. The molecular weight excluding hydrogens is 336 g/mol. The normalized spacial score (nSPS) is 10.2. The second-order valence-corrected chi connectivity index (χ2v) is 5.74. The third kappa shape index (κ3) is 3.16. The number of carbonyl (C=O) groups excluding carboxylic acids is 1. The summed E-state index contributed by atoms with van der Waals surface area (Å²) in [6.45, 7) is 7.41. The van der Waals surface area contributed by atoms with E-state index in [-0.39, 0.29) is 5.96 Å². The molecule has 0 spiro atoms. The molecule has 0 aliphatic heterocycles. The van der Waals surface area contributed by atoms with Crippen molar-refractivity contribution in [3.05, 3.63) is 76.6 Å². The van der Waals surface area contributed by atoms with Crippen LogP contribution in [0.15, 0.2) is 59.6 Å². The van der Waals surface area contributed by atoms with Gasteiger partial charge in [-0.3, -0.25) is 4.79 Å². The Morgan fingerprint density at radius 2 is 1.76 bits per heavy atom. The highest BCUT2D eigenvalue weighted by molar-refractivity contribution is 6.34. The molecular formula is C19H13ClN4O. The van der Waals surface area contributed by atoms with E-state index in [0.717, 1.165) is 16.3 Å². The van der Waals surface area contributed by atoms with Crippen molar-refractivity contribution >= 4 is 39.9 Å². The van der Waals surface area contributed by atoms with Crippen molar-refractivity contribution in [2.24, 2.45) is 16.5 Å². The number of carbonyl (C=O) groups is 1. The molecule has 0 aliphatic rings. The van der Waals surface area contributed by atoms with Crippen molar-refractivity contribution in [2.75, 3.05) is 0 Å². The molecule has 3 aromatic carbocycles. The number of hydrogen-bond donors (Lipinski definition) is 2. The predicted octanol–water partition coefficient (Wildman–Crippen LogP) is 4.12. The lowest BCUT2D eigenvalue weighted by Gasteiger charge is -2.10. The molecule has 0 radical (unpaired) electrons. The molecule has 0 bridgehead atoms. The monoisotopic (exact) mass is 348 g/mol. The van der Waals surface area contributed by atoms with Gasteiger partial charge in [-0.15, -0.1) is 0 Å². The summed E-state index contributed by atoms with van der Waals surface area (Å²) < 4.78 is 0. The fourth-order valence-electron chi connectivity index (χ4n) is 2.67. The van der Waals surface area contributed by atoms with Crippen LogP contribution in [0.5, 0.6) is 0 Å². The molecule has 0 fully saturated rings. The summed E-state index contributed by atoms with van der Waals surface area (Å²) in [6, 6.07) is 16.2. The second kappa shape index (κ2) is 6.63. The molecule has 0 aliphatic carbocycles. The Morgan fingerprint density at radius 3 is 2.48 bits per heavy atom. The van der Waals surface area contributed by atoms with Gasteiger partial charge in [0, 0.05) is 10.6 Å². The Morgan fingerprint density at radius 1 is 1.04 bits per heavy atom. The molecule has 122 valence electrons. The standard InChI is InChI=1S/C19H13ClN4O/c1-23-17-14(6-3-7-16(17)20)13-5-2-4-11-8-9-12(10-15(11)13)18(25)24-19(21)22/h2-10H,(H4,21,22,24,25). The summed E-state index contributed by atoms with van der Waals surface area (Å²) in [7, 11) is 0. The number of amides is 1. The maximum atomic E-state index is 12.1. The van der Waals surface area contributed by atoms with Crippen LogP contribution in [0, 0.1) is 6.57 Å². The van der Waals surface area contributed by atoms with Crippen molar-refractivity contribution in [2.45, 2.75) is 0 Å². The van der Waals surface area contributed by atoms with Crippen molar-refractivity contribution < 1.29 is 4.79 Å². The first-order valence-electron chi connectivity index (χ1n) is 7.34. The molecule has 4 N–H and O–H groups in total. The van der Waals surface area contributed by atoms with Gasteiger partial charge in [0.15, 0.2) is 5.96 Å². The first-order chi connectivity index (χ1) is 12.0. The lowest BCUT2D eigenvalue weighted by molar-refractivity contribution is 0.100. The van der Waals surface area contributed by atoms with E-state index in [1.54, 1.807) is 24.3 Å². The zero-order valence-corrected chi connectivity index (χ0v) is 13.8. The number of halogens is 1. The van der Waals surface area contributed by atoms with Gasteiger partial charge in [-0.05, 0) is 34.0 Å². The Balaban J connectivity index is 2.27. The summed E-state index contributed by atoms with van der Waals surface area (Å²) in [5.41, 5.74) is 12.8. The lowest BCUT2D eigenvalue weighted by Crippen LogP contribution is -2.24. The van der Waals surface area contributed by atoms with Crippen LogP contribution in [0.4, 0.5) is 5.69 Å². The highest BCUT2D eigenvalue weighted by atomic mass is 35.5. The molecule has 0 unspecified atom stereocenters. The van der Waals surface area contributed by atoms with Crippen molar-refractivity contribution in [1.82, 2.24) is 0 Å². The molecule has 0 aromatic heterocycles. The first-order valence-corrected chi connectivity index (χ1v) is 7.72.